The summed E-state index contributed by atoms with van der Waals surface area (Å²) in [5.74, 6) is -0.277. The summed E-state index contributed by atoms with van der Waals surface area (Å²) in [6, 6.07) is 12.7. The number of nitrogens with zero attached hydrogens (tertiary/aromatic N) is 2. The van der Waals surface area contributed by atoms with E-state index < -0.39 is 5.25 Å². The number of anilines is 1. The van der Waals surface area contributed by atoms with Crippen LogP contribution >= 0.6 is 11.8 Å². The lowest BCUT2D eigenvalue weighted by Gasteiger charge is -2.21. The number of amides is 2. The number of carbonyl (C=O) groups excluding carboxylic acids is 2. The van der Waals surface area contributed by atoms with Gasteiger partial charge in [-0.2, -0.15) is 5.10 Å². The number of amidine groups is 1. The molecule has 1 saturated heterocycles. The van der Waals surface area contributed by atoms with Crippen LogP contribution in [-0.2, 0) is 9.59 Å². The van der Waals surface area contributed by atoms with Gasteiger partial charge in [0.25, 0.3) is 0 Å². The van der Waals surface area contributed by atoms with E-state index in [4.69, 9.17) is 4.74 Å². The molecule has 1 aliphatic heterocycles. The molecule has 0 unspecified atom stereocenters. The van der Waals surface area contributed by atoms with Crippen molar-refractivity contribution in [1.29, 1.82) is 0 Å². The highest BCUT2D eigenvalue weighted by molar-refractivity contribution is 8.15. The fourth-order valence-corrected chi connectivity index (χ4v) is 3.44. The van der Waals surface area contributed by atoms with E-state index in [0.717, 1.165) is 11.8 Å². The molecular formula is C20H19FN4O3S. The molecule has 0 aromatic heterocycles. The lowest BCUT2D eigenvalue weighted by Crippen LogP contribution is -2.41. The van der Waals surface area contributed by atoms with Crippen molar-refractivity contribution in [3.8, 4) is 5.75 Å². The molecule has 1 heterocycles. The van der Waals surface area contributed by atoms with Crippen molar-refractivity contribution >= 4 is 40.1 Å². The Morgan fingerprint density at radius 3 is 2.55 bits per heavy atom. The maximum absolute atomic E-state index is 13.0. The van der Waals surface area contributed by atoms with Gasteiger partial charge >= 0.3 is 0 Å². The quantitative estimate of drug-likeness (QED) is 0.581. The van der Waals surface area contributed by atoms with E-state index in [-0.39, 0.29) is 29.2 Å². The van der Waals surface area contributed by atoms with E-state index in [1.807, 2.05) is 0 Å². The molecule has 0 saturated carbocycles. The van der Waals surface area contributed by atoms with Crippen LogP contribution in [0, 0.1) is 5.82 Å². The molecular weight excluding hydrogens is 395 g/mol. The molecule has 3 rings (SSSR count). The predicted molar refractivity (Wildman–Crippen MR) is 112 cm³/mol. The second kappa shape index (κ2) is 9.33. The van der Waals surface area contributed by atoms with Gasteiger partial charge in [0.05, 0.1) is 12.8 Å². The number of hydrogen-bond donors (Lipinski definition) is 2. The van der Waals surface area contributed by atoms with Gasteiger partial charge < -0.3 is 15.4 Å². The van der Waals surface area contributed by atoms with E-state index in [9.17, 15) is 14.0 Å². The average Bonchev–Trinajstić information content (AvgIpc) is 2.72. The smallest absolute Gasteiger partial charge is 0.238 e. The normalized spacial score (nSPS) is 18.3. The Labute approximate surface area is 171 Å². The zero-order valence-electron chi connectivity index (χ0n) is 15.8. The van der Waals surface area contributed by atoms with Gasteiger partial charge in [0.15, 0.2) is 5.17 Å². The summed E-state index contributed by atoms with van der Waals surface area (Å²) in [6.07, 6.45) is 0.0341. The second-order valence-corrected chi connectivity index (χ2v) is 7.37. The van der Waals surface area contributed by atoms with Crippen LogP contribution in [0.3, 0.4) is 0 Å². The molecule has 1 aliphatic rings. The fraction of sp³-hybridized carbons (Fsp3) is 0.200. The standard InChI is InChI=1S/C20H19FN4O3S/c1-12(13-3-5-14(21)6-4-13)24-25-20-23-18(26)11-17(29-20)19(27)22-15-7-9-16(28-2)10-8-15/h3-10,17H,11H2,1-2H3,(H,22,27)(H,23,25,26)/b24-12-/t17-/m1/s1. The van der Waals surface area contributed by atoms with Crippen LogP contribution in [0.2, 0.25) is 0 Å². The molecule has 1 fully saturated rings. The highest BCUT2D eigenvalue weighted by Crippen LogP contribution is 2.23. The topological polar surface area (TPSA) is 92.1 Å². The van der Waals surface area contributed by atoms with Crippen LogP contribution in [0.1, 0.15) is 18.9 Å². The Kier molecular flexibility index (Phi) is 6.61. The van der Waals surface area contributed by atoms with Crippen LogP contribution in [0.4, 0.5) is 10.1 Å². The molecule has 1 atom stereocenters. The summed E-state index contributed by atoms with van der Waals surface area (Å²) < 4.78 is 18.1. The molecule has 2 amide bonds. The Hall–Kier alpha value is -3.20. The van der Waals surface area contributed by atoms with Gasteiger partial charge in [0, 0.05) is 12.1 Å². The summed E-state index contributed by atoms with van der Waals surface area (Å²) in [5.41, 5.74) is 1.86. The van der Waals surface area contributed by atoms with Crippen molar-refractivity contribution in [2.24, 2.45) is 10.2 Å². The monoisotopic (exact) mass is 414 g/mol. The highest BCUT2D eigenvalue weighted by atomic mass is 32.2. The van der Waals surface area contributed by atoms with Crippen LogP contribution < -0.4 is 15.4 Å². The first-order valence-corrected chi connectivity index (χ1v) is 9.62. The van der Waals surface area contributed by atoms with E-state index in [1.165, 1.54) is 12.1 Å². The molecule has 2 aromatic rings. The lowest BCUT2D eigenvalue weighted by molar-refractivity contribution is -0.123. The Morgan fingerprint density at radius 1 is 1.21 bits per heavy atom. The third kappa shape index (κ3) is 5.64. The summed E-state index contributed by atoms with van der Waals surface area (Å²) in [6.45, 7) is 1.72. The van der Waals surface area contributed by atoms with Crippen LogP contribution in [0.25, 0.3) is 0 Å². The fourth-order valence-electron chi connectivity index (χ4n) is 2.51. The number of methoxy groups -OCH3 is 1. The van der Waals surface area contributed by atoms with Crippen molar-refractivity contribution in [3.05, 3.63) is 59.9 Å². The molecule has 29 heavy (non-hydrogen) atoms. The number of benzene rings is 2. The van der Waals surface area contributed by atoms with Gasteiger partial charge in [-0.3, -0.25) is 9.59 Å². The van der Waals surface area contributed by atoms with Gasteiger partial charge in [0.1, 0.15) is 16.8 Å². The summed E-state index contributed by atoms with van der Waals surface area (Å²) >= 11 is 1.12. The molecule has 0 bridgehead atoms. The van der Waals surface area contributed by atoms with E-state index in [1.54, 1.807) is 50.4 Å². The van der Waals surface area contributed by atoms with Gasteiger partial charge in [-0.05, 0) is 48.9 Å². The van der Waals surface area contributed by atoms with Crippen molar-refractivity contribution in [2.45, 2.75) is 18.6 Å². The van der Waals surface area contributed by atoms with E-state index in [2.05, 4.69) is 20.8 Å². The highest BCUT2D eigenvalue weighted by Gasteiger charge is 2.30. The first kappa shape index (κ1) is 20.5. The third-order valence-electron chi connectivity index (χ3n) is 4.07. The predicted octanol–water partition coefficient (Wildman–Crippen LogP) is 3.17. The first-order valence-electron chi connectivity index (χ1n) is 8.74. The summed E-state index contributed by atoms with van der Waals surface area (Å²) in [4.78, 5) is 24.5. The Balaban J connectivity index is 1.67. The summed E-state index contributed by atoms with van der Waals surface area (Å²) in [5, 5.41) is 13.1. The molecule has 7 nitrogen and oxygen atoms in total. The number of ether oxygens (including phenoxy) is 1. The summed E-state index contributed by atoms with van der Waals surface area (Å²) in [7, 11) is 1.56. The lowest BCUT2D eigenvalue weighted by atomic mass is 10.1. The van der Waals surface area contributed by atoms with Gasteiger partial charge in [0.2, 0.25) is 11.8 Å². The van der Waals surface area contributed by atoms with E-state index >= 15 is 0 Å². The Bertz CT molecular complexity index is 959. The van der Waals surface area contributed by atoms with Gasteiger partial charge in [-0.15, -0.1) is 5.10 Å². The number of nitrogens with one attached hydrogen (secondary N) is 2. The van der Waals surface area contributed by atoms with Crippen LogP contribution in [0.5, 0.6) is 5.75 Å². The molecule has 2 N–H and O–H groups in total. The minimum atomic E-state index is -0.633. The number of rotatable bonds is 5. The maximum atomic E-state index is 13.0. The van der Waals surface area contributed by atoms with Crippen LogP contribution in [-0.4, -0.2) is 35.1 Å². The largest absolute Gasteiger partial charge is 0.497 e. The zero-order chi connectivity index (χ0) is 20.8. The molecule has 150 valence electrons. The van der Waals surface area contributed by atoms with Gasteiger partial charge in [-0.25, -0.2) is 4.39 Å². The minimum Gasteiger partial charge on any atom is -0.497 e. The number of thioether (sulfide) groups is 1. The number of carbonyl (C=O) groups is 2. The van der Waals surface area contributed by atoms with E-state index in [0.29, 0.717) is 22.7 Å². The van der Waals surface area contributed by atoms with Crippen molar-refractivity contribution in [3.63, 3.8) is 0 Å². The maximum Gasteiger partial charge on any atom is 0.238 e. The number of halogens is 1. The number of hydrogen-bond acceptors (Lipinski definition) is 6. The molecule has 0 spiro atoms. The second-order valence-electron chi connectivity index (χ2n) is 6.17. The molecule has 9 heteroatoms. The zero-order valence-corrected chi connectivity index (χ0v) is 16.6. The molecule has 0 aliphatic carbocycles. The average molecular weight is 414 g/mol. The third-order valence-corrected chi connectivity index (χ3v) is 5.15. The van der Waals surface area contributed by atoms with Gasteiger partial charge in [-0.1, -0.05) is 23.9 Å². The molecule has 0 radical (unpaired) electrons. The first-order chi connectivity index (χ1) is 13.9. The SMILES string of the molecule is COc1ccc(NC(=O)[C@H]2CC(=O)N/C(=N\N=C(\C)c3ccc(F)cc3)S2)cc1. The van der Waals surface area contributed by atoms with Crippen molar-refractivity contribution in [1.82, 2.24) is 5.32 Å². The Morgan fingerprint density at radius 2 is 1.90 bits per heavy atom. The van der Waals surface area contributed by atoms with Crippen molar-refractivity contribution in [2.75, 3.05) is 12.4 Å². The minimum absolute atomic E-state index is 0.0341. The van der Waals surface area contributed by atoms with Crippen molar-refractivity contribution < 1.29 is 18.7 Å². The van der Waals surface area contributed by atoms with Crippen LogP contribution in [0.15, 0.2) is 58.7 Å². The molecule has 2 aromatic carbocycles.